The van der Waals surface area contributed by atoms with Gasteiger partial charge in [0.25, 0.3) is 20.2 Å². The molecule has 0 atom stereocenters. The Hall–Kier alpha value is -8.91. The number of aromatic hydroxyl groups is 3. The lowest BCUT2D eigenvalue weighted by Gasteiger charge is -2.25. The number of aromatic nitrogens is 1. The molecule has 1 aromatic heterocycles. The quantitative estimate of drug-likeness (QED) is 0.00660. The van der Waals surface area contributed by atoms with E-state index >= 15 is 0 Å². The average molecular weight is 1240 g/mol. The minimum atomic E-state index is -4.50. The molecule has 4 aromatic carbocycles. The fourth-order valence-electron chi connectivity index (χ4n) is 11.5. The van der Waals surface area contributed by atoms with E-state index in [9.17, 15) is 65.5 Å². The van der Waals surface area contributed by atoms with Gasteiger partial charge in [-0.1, -0.05) is 50.3 Å². The Morgan fingerprint density at radius 1 is 0.739 bits per heavy atom. The van der Waals surface area contributed by atoms with Crippen LogP contribution in [0.3, 0.4) is 0 Å². The molecule has 0 spiro atoms. The molecular formula is C64H68N5O17S2+. The number of ether oxygens (including phenoxy) is 1. The van der Waals surface area contributed by atoms with Crippen LogP contribution in [0.5, 0.6) is 17.5 Å². The second-order valence-corrected chi connectivity index (χ2v) is 25.1. The van der Waals surface area contributed by atoms with E-state index in [1.165, 1.54) is 42.5 Å². The zero-order chi connectivity index (χ0) is 63.5. The summed E-state index contributed by atoms with van der Waals surface area (Å²) in [6, 6.07) is 23.6. The summed E-state index contributed by atoms with van der Waals surface area (Å²) in [6.45, 7) is 11.2. The van der Waals surface area contributed by atoms with E-state index < -0.39 is 66.1 Å². The van der Waals surface area contributed by atoms with Crippen molar-refractivity contribution in [2.24, 2.45) is 0 Å². The first-order valence-corrected chi connectivity index (χ1v) is 31.3. The molecule has 22 nitrogen and oxygen atoms in total. The van der Waals surface area contributed by atoms with Gasteiger partial charge in [0.15, 0.2) is 11.1 Å². The Morgan fingerprint density at radius 3 is 2.15 bits per heavy atom. The zero-order valence-corrected chi connectivity index (χ0v) is 50.6. The van der Waals surface area contributed by atoms with Crippen LogP contribution in [0.1, 0.15) is 106 Å². The Bertz CT molecular complexity index is 4270. The minimum Gasteiger partial charge on any atom is -0.507 e. The average Bonchev–Trinajstić information content (AvgIpc) is 1.43. The molecule has 0 saturated heterocycles. The van der Waals surface area contributed by atoms with Crippen molar-refractivity contribution in [2.75, 3.05) is 31.3 Å². The van der Waals surface area contributed by atoms with E-state index in [0.717, 1.165) is 52.5 Å². The largest absolute Gasteiger partial charge is 0.507 e. The van der Waals surface area contributed by atoms with E-state index in [1.54, 1.807) is 42.5 Å². The number of carbonyl (C=O) groups excluding carboxylic acids is 2. The number of hydrogen-bond acceptors (Lipinski definition) is 16. The number of allylic oxidation sites excluding steroid dienone is 6. The molecule has 88 heavy (non-hydrogen) atoms. The van der Waals surface area contributed by atoms with Gasteiger partial charge < -0.3 is 44.6 Å². The molecule has 8 N–H and O–H groups in total. The van der Waals surface area contributed by atoms with Gasteiger partial charge in [0.2, 0.25) is 23.4 Å². The summed E-state index contributed by atoms with van der Waals surface area (Å²) in [4.78, 5) is 58.6. The van der Waals surface area contributed by atoms with Crippen molar-refractivity contribution in [2.45, 2.75) is 107 Å². The molecule has 0 unspecified atom stereocenters. The first kappa shape index (κ1) is 63.6. The van der Waals surface area contributed by atoms with E-state index in [0.29, 0.717) is 59.3 Å². The van der Waals surface area contributed by atoms with Gasteiger partial charge in [0.1, 0.15) is 23.6 Å². The zero-order valence-electron chi connectivity index (χ0n) is 48.9. The van der Waals surface area contributed by atoms with Crippen molar-refractivity contribution in [1.82, 2.24) is 15.4 Å². The Balaban J connectivity index is 0.868. The smallest absolute Gasteiger partial charge is 0.336 e. The highest BCUT2D eigenvalue weighted by molar-refractivity contribution is 7.86. The predicted octanol–water partition coefficient (Wildman–Crippen LogP) is 9.24. The Morgan fingerprint density at radius 2 is 1.44 bits per heavy atom. The summed E-state index contributed by atoms with van der Waals surface area (Å²) in [7, 11) is -8.91. The van der Waals surface area contributed by atoms with E-state index in [2.05, 4.69) is 20.1 Å². The third-order valence-corrected chi connectivity index (χ3v) is 17.6. The van der Waals surface area contributed by atoms with Crippen LogP contribution in [0, 0.1) is 0 Å². The number of carboxylic acids is 1. The number of amides is 1. The van der Waals surface area contributed by atoms with Crippen LogP contribution < -0.4 is 25.8 Å². The van der Waals surface area contributed by atoms with Gasteiger partial charge in [-0.15, -0.1) is 4.73 Å². The number of unbranched alkanes of at least 4 members (excludes halogenated alkanes) is 2. The number of likely N-dealkylation sites (N-methyl/N-ethyl adjacent to an activating group) is 1. The lowest BCUT2D eigenvalue weighted by Crippen LogP contribution is -2.28. The van der Waals surface area contributed by atoms with Gasteiger partial charge in [-0.25, -0.2) is 9.59 Å². The van der Waals surface area contributed by atoms with Gasteiger partial charge in [-0.3, -0.25) is 24.0 Å². The maximum atomic E-state index is 13.7. The molecule has 0 radical (unpaired) electrons. The van der Waals surface area contributed by atoms with E-state index in [-0.39, 0.29) is 82.7 Å². The third kappa shape index (κ3) is 13.2. The summed E-state index contributed by atoms with van der Waals surface area (Å²) in [6.07, 6.45) is 11.3. The molecule has 4 aliphatic rings. The van der Waals surface area contributed by atoms with Crippen LogP contribution in [-0.2, 0) is 58.5 Å². The molecule has 462 valence electrons. The van der Waals surface area contributed by atoms with Crippen LogP contribution >= 0.6 is 0 Å². The van der Waals surface area contributed by atoms with Crippen LogP contribution in [0.15, 0.2) is 152 Å². The molecule has 9 rings (SSSR count). The van der Waals surface area contributed by atoms with Crippen LogP contribution in [0.25, 0.3) is 33.4 Å². The van der Waals surface area contributed by atoms with Gasteiger partial charge in [0.05, 0.1) is 45.2 Å². The second kappa shape index (κ2) is 25.8. The predicted molar refractivity (Wildman–Crippen MR) is 327 cm³/mol. The minimum absolute atomic E-state index is 0.0244. The molecule has 0 bridgehead atoms. The summed E-state index contributed by atoms with van der Waals surface area (Å²) < 4.78 is 83.6. The van der Waals surface area contributed by atoms with Crippen molar-refractivity contribution < 1.29 is 79.3 Å². The molecular weight excluding hydrogens is 1170 g/mol. The molecule has 3 aliphatic heterocycles. The number of nitrogens with zero attached hydrogens (tertiary/aromatic N) is 3. The normalized spacial score (nSPS) is 15.1. The van der Waals surface area contributed by atoms with Gasteiger partial charge in [-0.05, 0) is 118 Å². The maximum absolute atomic E-state index is 13.7. The lowest BCUT2D eigenvalue weighted by molar-refractivity contribution is -0.438. The SMILES string of the molecule is CCN1C(=CC=CC=CC2=[N+](CCCCCOCNCc3c4oc5c(CNC(=O)CCCC(=O)On6c(O)ccc6O)c(O)ccc5c(-c5ccccc5C(=O)O)c-4ccc3=O)c3ccc(S(=O)(=O)O)cc3C2(C)C)C(C)(C)c2cc(S(=O)(=O)O)ccc21. The number of nitrogens with one attached hydrogen (secondary N) is 2. The molecule has 1 amide bonds. The number of fused-ring (bicyclic) bond motifs is 4. The number of aromatic carboxylic acids is 1. The number of carbonyl (C=O) groups is 3. The number of phenols is 1. The van der Waals surface area contributed by atoms with E-state index in [1.807, 2.05) is 65.0 Å². The molecule has 5 aromatic rings. The number of benzene rings is 5. The number of carboxylic acid groups (broad SMARTS) is 1. The summed E-state index contributed by atoms with van der Waals surface area (Å²) in [5.41, 5.74) is 4.73. The highest BCUT2D eigenvalue weighted by Crippen LogP contribution is 2.49. The fraction of sp³-hybridized carbons (Fsp3) is 0.297. The molecule has 0 saturated carbocycles. The van der Waals surface area contributed by atoms with Crippen LogP contribution in [-0.4, -0.2) is 106 Å². The number of phenolic OH excluding ortho intramolecular Hbond substituents is 1. The molecule has 4 heterocycles. The summed E-state index contributed by atoms with van der Waals surface area (Å²) in [5.74, 6) is -3.71. The highest BCUT2D eigenvalue weighted by Gasteiger charge is 2.45. The summed E-state index contributed by atoms with van der Waals surface area (Å²) >= 11 is 0. The molecule has 1 aliphatic carbocycles. The van der Waals surface area contributed by atoms with Crippen molar-refractivity contribution in [3.63, 3.8) is 0 Å². The topological polar surface area (TPSA) is 325 Å². The van der Waals surface area contributed by atoms with Gasteiger partial charge in [0, 0.05) is 102 Å². The first-order valence-electron chi connectivity index (χ1n) is 28.4. The fourth-order valence-corrected chi connectivity index (χ4v) is 12.5. The third-order valence-electron chi connectivity index (χ3n) is 15.9. The highest BCUT2D eigenvalue weighted by atomic mass is 32.2. The van der Waals surface area contributed by atoms with Gasteiger partial charge >= 0.3 is 11.9 Å². The van der Waals surface area contributed by atoms with Crippen molar-refractivity contribution >= 4 is 66.1 Å². The molecule has 24 heteroatoms. The van der Waals surface area contributed by atoms with Crippen LogP contribution in [0.4, 0.5) is 11.4 Å². The van der Waals surface area contributed by atoms with Crippen molar-refractivity contribution in [1.29, 1.82) is 0 Å². The van der Waals surface area contributed by atoms with Crippen molar-refractivity contribution in [3.8, 4) is 40.0 Å². The number of hydrogen-bond donors (Lipinski definition) is 8. The Kier molecular flexibility index (Phi) is 18.7. The van der Waals surface area contributed by atoms with Crippen molar-refractivity contribution in [3.05, 3.63) is 171 Å². The lowest BCUT2D eigenvalue weighted by atomic mass is 9.81. The first-order chi connectivity index (χ1) is 41.7. The van der Waals surface area contributed by atoms with Crippen LogP contribution in [0.2, 0.25) is 0 Å². The maximum Gasteiger partial charge on any atom is 0.336 e. The second-order valence-electron chi connectivity index (χ2n) is 22.3. The number of rotatable bonds is 25. The van der Waals surface area contributed by atoms with E-state index in [4.69, 9.17) is 14.0 Å². The monoisotopic (exact) mass is 1240 g/mol. The molecule has 0 fully saturated rings. The standard InChI is InChI=1S/C64H67N5O17S2/c1-6-67-49-26-22-39(87(78,79)80)34-47(49)63(2,3)53(67)18-9-7-10-19-54-64(4,5)48-35-40(88(81,82)83)23-27-50(48)68(54)32-13-8-14-33-84-38-65-36-45-51(70)28-24-43-59(41-16-11-12-17-42(41)62(76)77)44-25-29-52(71)46(61(44)85-60(43)45)37-66-55(72)20-15-21-58(75)86-69-56(73)30-31-57(69)74/h7,9-12,16-19,22-31,34-35,65H,6,8,13-15,20-21,32-33,36-38H2,1-5H3,(H6-,66,70,71,72,73,74,76,77,78,79,80,81,82,83)/p+1. The summed E-state index contributed by atoms with van der Waals surface area (Å²) in [5, 5.41) is 47.4. The Labute approximate surface area is 507 Å². The van der Waals surface area contributed by atoms with Gasteiger partial charge in [-0.2, -0.15) is 21.4 Å². The number of anilines is 1.